The molecular formula is C22H20FN3O5S. The van der Waals surface area contributed by atoms with Gasteiger partial charge in [-0.15, -0.1) is 0 Å². The number of benzene rings is 2. The molecule has 0 saturated heterocycles. The number of ether oxygens (including phenoxy) is 2. The average molecular weight is 457 g/mol. The Kier molecular flexibility index (Phi) is 6.04. The normalized spacial score (nSPS) is 15.1. The number of anilines is 1. The number of carbonyl (C=O) groups excluding carboxylic acids is 1. The van der Waals surface area contributed by atoms with Gasteiger partial charge in [0, 0.05) is 18.1 Å². The van der Waals surface area contributed by atoms with E-state index in [0.29, 0.717) is 22.0 Å². The van der Waals surface area contributed by atoms with Crippen LogP contribution >= 0.6 is 11.8 Å². The van der Waals surface area contributed by atoms with Crippen molar-refractivity contribution in [1.82, 2.24) is 9.97 Å². The van der Waals surface area contributed by atoms with Crippen molar-refractivity contribution in [3.63, 3.8) is 0 Å². The van der Waals surface area contributed by atoms with E-state index in [1.54, 1.807) is 24.3 Å². The van der Waals surface area contributed by atoms with Gasteiger partial charge in [0.2, 0.25) is 11.7 Å². The highest BCUT2D eigenvalue weighted by atomic mass is 32.2. The minimum atomic E-state index is -0.602. The van der Waals surface area contributed by atoms with Gasteiger partial charge < -0.3 is 24.9 Å². The molecule has 0 fully saturated rings. The lowest BCUT2D eigenvalue weighted by molar-refractivity contribution is -0.116. The summed E-state index contributed by atoms with van der Waals surface area (Å²) in [5.41, 5.74) is 1.37. The molecule has 32 heavy (non-hydrogen) atoms. The summed E-state index contributed by atoms with van der Waals surface area (Å²) in [5, 5.41) is 13.2. The molecule has 4 rings (SSSR count). The Morgan fingerprint density at radius 3 is 2.44 bits per heavy atom. The molecule has 10 heteroatoms. The number of rotatable bonds is 6. The lowest BCUT2D eigenvalue weighted by Gasteiger charge is -2.25. The number of methoxy groups -OCH3 is 2. The monoisotopic (exact) mass is 457 g/mol. The minimum absolute atomic E-state index is 0.0247. The molecular weight excluding hydrogens is 437 g/mol. The zero-order valence-corrected chi connectivity index (χ0v) is 18.1. The third-order valence-electron chi connectivity index (χ3n) is 5.12. The van der Waals surface area contributed by atoms with E-state index < -0.39 is 5.92 Å². The van der Waals surface area contributed by atoms with Crippen LogP contribution in [0.25, 0.3) is 0 Å². The number of nitrogens with one attached hydrogen (secondary N) is 2. The summed E-state index contributed by atoms with van der Waals surface area (Å²) in [5.74, 6) is -0.399. The second-order valence-corrected chi connectivity index (χ2v) is 8.09. The van der Waals surface area contributed by atoms with Gasteiger partial charge in [-0.25, -0.2) is 9.37 Å². The highest BCUT2D eigenvalue weighted by molar-refractivity contribution is 7.98. The Morgan fingerprint density at radius 1 is 1.16 bits per heavy atom. The molecule has 1 atom stereocenters. The van der Waals surface area contributed by atoms with E-state index in [-0.39, 0.29) is 46.8 Å². The molecule has 1 aliphatic heterocycles. The van der Waals surface area contributed by atoms with Gasteiger partial charge >= 0.3 is 0 Å². The van der Waals surface area contributed by atoms with Crippen molar-refractivity contribution < 1.29 is 23.8 Å². The predicted octanol–water partition coefficient (Wildman–Crippen LogP) is 3.40. The first-order valence-electron chi connectivity index (χ1n) is 9.65. The van der Waals surface area contributed by atoms with Crippen LogP contribution in [0.15, 0.2) is 46.3 Å². The Hall–Kier alpha value is -3.53. The smallest absolute Gasteiger partial charge is 0.257 e. The van der Waals surface area contributed by atoms with Crippen molar-refractivity contribution in [2.45, 2.75) is 23.2 Å². The third kappa shape index (κ3) is 4.26. The molecule has 2 aromatic carbocycles. The number of H-pyrrole nitrogens is 1. The molecule has 0 aliphatic carbocycles. The second-order valence-electron chi connectivity index (χ2n) is 7.13. The van der Waals surface area contributed by atoms with Gasteiger partial charge in [-0.05, 0) is 35.4 Å². The first-order chi connectivity index (χ1) is 15.4. The van der Waals surface area contributed by atoms with Gasteiger partial charge in [0.15, 0.2) is 16.7 Å². The van der Waals surface area contributed by atoms with Crippen LogP contribution in [0.4, 0.5) is 10.2 Å². The number of aromatic nitrogens is 2. The predicted molar refractivity (Wildman–Crippen MR) is 117 cm³/mol. The molecule has 1 unspecified atom stereocenters. The number of carbonyl (C=O) groups is 1. The zero-order chi connectivity index (χ0) is 22.8. The summed E-state index contributed by atoms with van der Waals surface area (Å²) in [7, 11) is 2.80. The maximum absolute atomic E-state index is 13.1. The van der Waals surface area contributed by atoms with Gasteiger partial charge in [-0.3, -0.25) is 9.59 Å². The van der Waals surface area contributed by atoms with Crippen LogP contribution in [0.1, 0.15) is 29.0 Å². The molecule has 0 radical (unpaired) electrons. The fraction of sp³-hybridized carbons (Fsp3) is 0.227. The van der Waals surface area contributed by atoms with Crippen LogP contribution in [0.5, 0.6) is 17.2 Å². The molecule has 166 valence electrons. The maximum atomic E-state index is 13.1. The largest absolute Gasteiger partial charge is 0.502 e. The van der Waals surface area contributed by atoms with E-state index in [0.717, 1.165) is 5.56 Å². The number of hydrogen-bond acceptors (Lipinski definition) is 7. The Labute approximate surface area is 186 Å². The zero-order valence-electron chi connectivity index (χ0n) is 17.3. The van der Waals surface area contributed by atoms with Crippen molar-refractivity contribution in [2.75, 3.05) is 19.5 Å². The van der Waals surface area contributed by atoms with Crippen LogP contribution in [0, 0.1) is 5.82 Å². The van der Waals surface area contributed by atoms with Gasteiger partial charge in [0.25, 0.3) is 5.56 Å². The number of amides is 1. The highest BCUT2D eigenvalue weighted by Gasteiger charge is 2.32. The second kappa shape index (κ2) is 8.91. The van der Waals surface area contributed by atoms with Gasteiger partial charge in [0.05, 0.1) is 19.8 Å². The Bertz CT molecular complexity index is 1200. The standard InChI is InChI=1S/C22H20FN3O5S/c1-30-15-7-12(8-16(31-2)19(15)28)14-9-17(27)24-20-18(14)21(29)26-22(25-20)32-10-11-3-5-13(23)6-4-11/h3-8,14,28H,9-10H2,1-2H3,(H2,24,25,26,27,29). The number of aromatic amines is 1. The Balaban J connectivity index is 1.69. The highest BCUT2D eigenvalue weighted by Crippen LogP contribution is 2.43. The number of halogens is 1. The van der Waals surface area contributed by atoms with Crippen LogP contribution in [0.2, 0.25) is 0 Å². The number of fused-ring (bicyclic) bond motifs is 1. The fourth-order valence-corrected chi connectivity index (χ4v) is 4.37. The first-order valence-corrected chi connectivity index (χ1v) is 10.6. The van der Waals surface area contributed by atoms with Crippen molar-refractivity contribution in [1.29, 1.82) is 0 Å². The topological polar surface area (TPSA) is 114 Å². The molecule has 2 heterocycles. The number of phenols is 1. The summed E-state index contributed by atoms with van der Waals surface area (Å²) >= 11 is 1.27. The summed E-state index contributed by atoms with van der Waals surface area (Å²) < 4.78 is 23.5. The summed E-state index contributed by atoms with van der Waals surface area (Å²) in [6.45, 7) is 0. The van der Waals surface area contributed by atoms with Crippen LogP contribution < -0.4 is 20.3 Å². The lowest BCUT2D eigenvalue weighted by Crippen LogP contribution is -2.31. The van der Waals surface area contributed by atoms with Crippen molar-refractivity contribution in [2.24, 2.45) is 0 Å². The quantitative estimate of drug-likeness (QED) is 0.384. The van der Waals surface area contributed by atoms with E-state index in [1.807, 2.05) is 0 Å². The number of nitrogens with zero attached hydrogens (tertiary/aromatic N) is 1. The molecule has 0 bridgehead atoms. The van der Waals surface area contributed by atoms with E-state index in [4.69, 9.17) is 9.47 Å². The van der Waals surface area contributed by atoms with E-state index >= 15 is 0 Å². The molecule has 1 aromatic heterocycles. The summed E-state index contributed by atoms with van der Waals surface area (Å²) in [4.78, 5) is 32.6. The van der Waals surface area contributed by atoms with Crippen molar-refractivity contribution >= 4 is 23.5 Å². The number of aromatic hydroxyl groups is 1. The summed E-state index contributed by atoms with van der Waals surface area (Å²) in [6.07, 6.45) is 0.0247. The van der Waals surface area contributed by atoms with Gasteiger partial charge in [0.1, 0.15) is 11.6 Å². The Morgan fingerprint density at radius 2 is 1.81 bits per heavy atom. The van der Waals surface area contributed by atoms with Gasteiger partial charge in [-0.1, -0.05) is 23.9 Å². The molecule has 0 saturated carbocycles. The van der Waals surface area contributed by atoms with Gasteiger partial charge in [-0.2, -0.15) is 0 Å². The van der Waals surface area contributed by atoms with Crippen molar-refractivity contribution in [3.8, 4) is 17.2 Å². The molecule has 1 aliphatic rings. The fourth-order valence-electron chi connectivity index (χ4n) is 3.55. The number of hydrogen-bond donors (Lipinski definition) is 3. The van der Waals surface area contributed by atoms with Crippen LogP contribution in [0.3, 0.4) is 0 Å². The lowest BCUT2D eigenvalue weighted by atomic mass is 9.86. The maximum Gasteiger partial charge on any atom is 0.257 e. The molecule has 0 spiro atoms. The molecule has 8 nitrogen and oxygen atoms in total. The SMILES string of the molecule is COc1cc(C2CC(=O)Nc3nc(SCc4ccc(F)cc4)[nH]c(=O)c32)cc(OC)c1O. The van der Waals surface area contributed by atoms with Crippen molar-refractivity contribution in [3.05, 3.63) is 69.3 Å². The van der Waals surface area contributed by atoms with E-state index in [9.17, 15) is 19.1 Å². The minimum Gasteiger partial charge on any atom is -0.502 e. The molecule has 3 aromatic rings. The van der Waals surface area contributed by atoms with Crippen LogP contribution in [-0.4, -0.2) is 35.2 Å². The number of thioether (sulfide) groups is 1. The van der Waals surface area contributed by atoms with E-state index in [1.165, 1.54) is 38.1 Å². The van der Waals surface area contributed by atoms with Crippen LogP contribution in [-0.2, 0) is 10.5 Å². The third-order valence-corrected chi connectivity index (χ3v) is 6.07. The summed E-state index contributed by atoms with van der Waals surface area (Å²) in [6, 6.07) is 9.18. The molecule has 1 amide bonds. The number of phenolic OH excluding ortho intramolecular Hbond substituents is 1. The first kappa shape index (κ1) is 21.7. The average Bonchev–Trinajstić information content (AvgIpc) is 2.78. The van der Waals surface area contributed by atoms with E-state index in [2.05, 4.69) is 15.3 Å². The molecule has 3 N–H and O–H groups in total.